The van der Waals surface area contributed by atoms with Gasteiger partial charge in [-0.1, -0.05) is 0 Å². The Bertz CT molecular complexity index is 237. The summed E-state index contributed by atoms with van der Waals surface area (Å²) in [6.45, 7) is 2.09. The Morgan fingerprint density at radius 2 is 1.45 bits per heavy atom. The molecule has 0 saturated carbocycles. The van der Waals surface area contributed by atoms with Crippen molar-refractivity contribution in [2.75, 3.05) is 0 Å². The van der Waals surface area contributed by atoms with E-state index >= 15 is 0 Å². The summed E-state index contributed by atoms with van der Waals surface area (Å²) in [5, 5.41) is 0. The van der Waals surface area contributed by atoms with E-state index < -0.39 is 11.7 Å². The summed E-state index contributed by atoms with van der Waals surface area (Å²) >= 11 is 8.66. The van der Waals surface area contributed by atoms with E-state index in [0.29, 0.717) is 0 Å². The number of rotatable bonds is 1. The third-order valence-electron chi connectivity index (χ3n) is 1.38. The molecule has 4 heteroatoms. The fourth-order valence-corrected chi connectivity index (χ4v) is 7.62. The third kappa shape index (κ3) is 3.36. The molecule has 0 radical (unpaired) electrons. The van der Waals surface area contributed by atoms with Gasteiger partial charge in [0.2, 0.25) is 0 Å². The maximum atomic E-state index is 3.65. The maximum absolute atomic E-state index is 3.65. The van der Waals surface area contributed by atoms with Crippen molar-refractivity contribution in [2.24, 2.45) is 0 Å². The normalized spacial score (nSPS) is 11.6. The van der Waals surface area contributed by atoms with Crippen molar-refractivity contribution in [3.8, 4) is 0 Å². The van der Waals surface area contributed by atoms with Gasteiger partial charge in [-0.2, -0.15) is 0 Å². The van der Waals surface area contributed by atoms with E-state index in [0.717, 1.165) is 0 Å². The Morgan fingerprint density at radius 1 is 1.00 bits per heavy atom. The van der Waals surface area contributed by atoms with Gasteiger partial charge in [0, 0.05) is 0 Å². The Labute approximate surface area is 88.9 Å². The molecule has 0 amide bonds. The average Bonchev–Trinajstić information content (AvgIpc) is 1.86. The van der Waals surface area contributed by atoms with Crippen LogP contribution in [0.3, 0.4) is 0 Å². The topological polar surface area (TPSA) is 0 Å². The second-order valence-electron chi connectivity index (χ2n) is 2.36. The molecule has 0 N–H and O–H groups in total. The zero-order valence-electron chi connectivity index (χ0n) is 5.94. The van der Waals surface area contributed by atoms with Gasteiger partial charge in [-0.05, 0) is 0 Å². The SMILES string of the molecule is Cc1cc[c]([Sn]([Br])([Br])[Br])cc1. The van der Waals surface area contributed by atoms with E-state index in [-0.39, 0.29) is 0 Å². The molecule has 0 aliphatic heterocycles. The first-order valence-corrected chi connectivity index (χ1v) is 23.8. The number of aryl methyl sites for hydroxylation is 1. The molecule has 0 saturated heterocycles. The predicted molar refractivity (Wildman–Crippen MR) is 63.3 cm³/mol. The second-order valence-corrected chi connectivity index (χ2v) is 52.2. The van der Waals surface area contributed by atoms with Gasteiger partial charge in [0.25, 0.3) is 0 Å². The minimum absolute atomic E-state index is 1.30. The molecule has 1 aromatic rings. The average molecular weight is 450 g/mol. The molecule has 60 valence electrons. The third-order valence-corrected chi connectivity index (χ3v) is 13.4. The number of hydrogen-bond donors (Lipinski definition) is 0. The molecule has 0 spiro atoms. The summed E-state index contributed by atoms with van der Waals surface area (Å²) in [6, 6.07) is 8.57. The van der Waals surface area contributed by atoms with E-state index in [9.17, 15) is 0 Å². The standard InChI is InChI=1S/C7H7.3BrH.Sn/c1-7-5-3-2-4-6-7;;;;/h3-6H,1H3;3*1H;/q;;;;+3/p-3. The molecule has 0 aliphatic rings. The number of halogens is 3. The van der Waals surface area contributed by atoms with Gasteiger partial charge in [0.05, 0.1) is 0 Å². The minimum atomic E-state index is -2.31. The summed E-state index contributed by atoms with van der Waals surface area (Å²) in [5.74, 6) is 0. The molecule has 0 nitrogen and oxygen atoms in total. The van der Waals surface area contributed by atoms with Gasteiger partial charge in [0.1, 0.15) is 0 Å². The van der Waals surface area contributed by atoms with E-state index in [1.807, 2.05) is 0 Å². The van der Waals surface area contributed by atoms with Gasteiger partial charge < -0.3 is 0 Å². The van der Waals surface area contributed by atoms with Gasteiger partial charge in [-0.15, -0.1) is 0 Å². The monoisotopic (exact) mass is 448 g/mol. The van der Waals surface area contributed by atoms with Crippen molar-refractivity contribution in [1.29, 1.82) is 0 Å². The van der Waals surface area contributed by atoms with E-state index in [1.54, 1.807) is 0 Å². The van der Waals surface area contributed by atoms with E-state index in [1.165, 1.54) is 9.14 Å². The van der Waals surface area contributed by atoms with Gasteiger partial charge >= 0.3 is 90.2 Å². The van der Waals surface area contributed by atoms with Crippen molar-refractivity contribution in [3.05, 3.63) is 29.8 Å². The Morgan fingerprint density at radius 3 is 1.82 bits per heavy atom. The second kappa shape index (κ2) is 4.11. The molecule has 0 unspecified atom stereocenters. The number of hydrogen-bond acceptors (Lipinski definition) is 0. The fourth-order valence-electron chi connectivity index (χ4n) is 0.743. The van der Waals surface area contributed by atoms with Crippen LogP contribution in [0.25, 0.3) is 0 Å². The summed E-state index contributed by atoms with van der Waals surface area (Å²) in [6.07, 6.45) is 0. The summed E-state index contributed by atoms with van der Waals surface area (Å²) < 4.78 is 1.37. The van der Waals surface area contributed by atoms with Gasteiger partial charge in [0.15, 0.2) is 0 Å². The Balaban J connectivity index is 2.99. The van der Waals surface area contributed by atoms with Crippen LogP contribution in [-0.2, 0) is 0 Å². The van der Waals surface area contributed by atoms with Crippen molar-refractivity contribution in [2.45, 2.75) is 6.92 Å². The summed E-state index contributed by atoms with van der Waals surface area (Å²) in [5.41, 5.74) is 1.30. The van der Waals surface area contributed by atoms with Crippen LogP contribution >= 0.6 is 38.1 Å². The first-order valence-electron chi connectivity index (χ1n) is 3.14. The molecule has 0 aliphatic carbocycles. The molecule has 11 heavy (non-hydrogen) atoms. The molecule has 0 fully saturated rings. The van der Waals surface area contributed by atoms with Crippen molar-refractivity contribution in [1.82, 2.24) is 0 Å². The van der Waals surface area contributed by atoms with Crippen molar-refractivity contribution < 1.29 is 0 Å². The predicted octanol–water partition coefficient (Wildman–Crippen LogP) is 3.33. The fraction of sp³-hybridized carbons (Fsp3) is 0.143. The van der Waals surface area contributed by atoms with Crippen LogP contribution in [0.15, 0.2) is 24.3 Å². The van der Waals surface area contributed by atoms with Crippen LogP contribution in [0, 0.1) is 6.92 Å². The molecule has 0 bridgehead atoms. The van der Waals surface area contributed by atoms with Crippen molar-refractivity contribution >= 4 is 53.4 Å². The Hall–Kier alpha value is 1.46. The quantitative estimate of drug-likeness (QED) is 0.577. The van der Waals surface area contributed by atoms with E-state index in [4.69, 9.17) is 0 Å². The molecule has 0 aromatic heterocycles. The molecule has 0 atom stereocenters. The first kappa shape index (κ1) is 10.5. The molecule has 0 heterocycles. The zero-order valence-corrected chi connectivity index (χ0v) is 13.6. The van der Waals surface area contributed by atoms with Crippen LogP contribution in [-0.4, -0.2) is 11.7 Å². The van der Waals surface area contributed by atoms with Crippen LogP contribution in [0.1, 0.15) is 5.56 Å². The molecular formula is C7H7Br3Sn. The van der Waals surface area contributed by atoms with E-state index in [2.05, 4.69) is 69.3 Å². The van der Waals surface area contributed by atoms with Gasteiger partial charge in [-0.3, -0.25) is 0 Å². The zero-order chi connectivity index (χ0) is 8.48. The number of benzene rings is 1. The van der Waals surface area contributed by atoms with Crippen LogP contribution in [0.2, 0.25) is 0 Å². The molecular weight excluding hydrogens is 442 g/mol. The summed E-state index contributed by atoms with van der Waals surface area (Å²) in [7, 11) is 0. The Kier molecular flexibility index (Phi) is 3.94. The molecule has 1 rings (SSSR count). The van der Waals surface area contributed by atoms with Crippen LogP contribution in [0.4, 0.5) is 0 Å². The van der Waals surface area contributed by atoms with Gasteiger partial charge in [-0.25, -0.2) is 0 Å². The van der Waals surface area contributed by atoms with Crippen molar-refractivity contribution in [3.63, 3.8) is 0 Å². The van der Waals surface area contributed by atoms with Crippen LogP contribution in [0.5, 0.6) is 0 Å². The first-order chi connectivity index (χ1) is 5.00. The summed E-state index contributed by atoms with van der Waals surface area (Å²) in [4.78, 5) is 0. The van der Waals surface area contributed by atoms with Crippen LogP contribution < -0.4 is 3.58 Å². The molecule has 1 aromatic carbocycles.